The van der Waals surface area contributed by atoms with Crippen LogP contribution in [0.4, 0.5) is 4.39 Å². The first-order chi connectivity index (χ1) is 8.66. The summed E-state index contributed by atoms with van der Waals surface area (Å²) >= 11 is 0. The van der Waals surface area contributed by atoms with Gasteiger partial charge in [0.1, 0.15) is 5.82 Å². The van der Waals surface area contributed by atoms with Gasteiger partial charge in [0.25, 0.3) is 0 Å². The molecule has 0 aliphatic heterocycles. The molecule has 3 nitrogen and oxygen atoms in total. The van der Waals surface area contributed by atoms with E-state index in [4.69, 9.17) is 0 Å². The number of nitrogens with zero attached hydrogens (tertiary/aromatic N) is 1. The van der Waals surface area contributed by atoms with Crippen molar-refractivity contribution < 1.29 is 43.8 Å². The maximum atomic E-state index is 12.7. The smallest absolute Gasteiger partial charge is 0.545 e. The van der Waals surface area contributed by atoms with Crippen molar-refractivity contribution in [1.29, 1.82) is 0 Å². The molecule has 19 heavy (non-hydrogen) atoms. The number of carbonyl (C=O) groups is 1. The van der Waals surface area contributed by atoms with Gasteiger partial charge in [0.2, 0.25) is 0 Å². The Morgan fingerprint density at radius 1 is 1.16 bits per heavy atom. The van der Waals surface area contributed by atoms with Crippen LogP contribution in [0.3, 0.4) is 0 Å². The summed E-state index contributed by atoms with van der Waals surface area (Å²) in [7, 11) is 0. The van der Waals surface area contributed by atoms with Crippen LogP contribution in [0.15, 0.2) is 42.6 Å². The Morgan fingerprint density at radius 2 is 1.84 bits per heavy atom. The first-order valence-corrected chi connectivity index (χ1v) is 5.27. The zero-order chi connectivity index (χ0) is 13.0. The number of rotatable bonds is 3. The van der Waals surface area contributed by atoms with Crippen LogP contribution in [-0.2, 0) is 0 Å². The zero-order valence-corrected chi connectivity index (χ0v) is 12.3. The van der Waals surface area contributed by atoms with E-state index in [1.165, 1.54) is 30.5 Å². The monoisotopic (exact) mass is 265 g/mol. The van der Waals surface area contributed by atoms with Gasteiger partial charge in [-0.1, -0.05) is 18.2 Å². The second kappa shape index (κ2) is 7.19. The molecule has 2 aromatic rings. The molecule has 90 valence electrons. The molecule has 2 rings (SSSR count). The van der Waals surface area contributed by atoms with Gasteiger partial charge in [0, 0.05) is 11.8 Å². The van der Waals surface area contributed by atoms with E-state index < -0.39 is 5.97 Å². The van der Waals surface area contributed by atoms with E-state index in [0.29, 0.717) is 5.69 Å². The van der Waals surface area contributed by atoms with Crippen LogP contribution >= 0.6 is 0 Å². The number of carbonyl (C=O) groups excluding carboxylic acids is 1. The molecule has 0 saturated carbocycles. The fourth-order valence-corrected chi connectivity index (χ4v) is 1.47. The number of hydrogen-bond donors (Lipinski definition) is 0. The van der Waals surface area contributed by atoms with Gasteiger partial charge in [0.05, 0.1) is 11.7 Å². The molecule has 0 unspecified atom stereocenters. The van der Waals surface area contributed by atoms with Crippen LogP contribution in [0, 0.1) is 5.82 Å². The van der Waals surface area contributed by atoms with Gasteiger partial charge in [-0.25, -0.2) is 4.39 Å². The molecular weight excluding hydrogens is 256 g/mol. The van der Waals surface area contributed by atoms with Crippen LogP contribution in [0.25, 0.3) is 12.2 Å². The number of aromatic carboxylic acids is 1. The maximum Gasteiger partial charge on any atom is 1.00 e. The SMILES string of the molecule is O=C([O-])c1cccnc1/C=C/c1ccc(F)cc1.[Na+]. The van der Waals surface area contributed by atoms with Crippen molar-refractivity contribution in [2.24, 2.45) is 0 Å². The molecule has 0 fully saturated rings. The Bertz CT molecular complexity index is 597. The van der Waals surface area contributed by atoms with Gasteiger partial charge in [-0.2, -0.15) is 0 Å². The van der Waals surface area contributed by atoms with E-state index in [1.807, 2.05) is 0 Å². The van der Waals surface area contributed by atoms with Crippen LogP contribution in [-0.4, -0.2) is 11.0 Å². The number of halogens is 1. The van der Waals surface area contributed by atoms with Crippen molar-refractivity contribution in [2.75, 3.05) is 0 Å². The van der Waals surface area contributed by atoms with E-state index >= 15 is 0 Å². The summed E-state index contributed by atoms with van der Waals surface area (Å²) in [6.07, 6.45) is 4.71. The zero-order valence-electron chi connectivity index (χ0n) is 10.3. The van der Waals surface area contributed by atoms with Gasteiger partial charge >= 0.3 is 29.6 Å². The first-order valence-electron chi connectivity index (χ1n) is 5.27. The summed E-state index contributed by atoms with van der Waals surface area (Å²) < 4.78 is 12.7. The minimum absolute atomic E-state index is 0. The molecule has 5 heteroatoms. The standard InChI is InChI=1S/C14H10FNO2.Na/c15-11-6-3-10(4-7-11)5-8-13-12(14(17)18)2-1-9-16-13;/h1-9H,(H,17,18);/q;+1/p-1/b8-5+;. The van der Waals surface area contributed by atoms with E-state index in [2.05, 4.69) is 4.98 Å². The van der Waals surface area contributed by atoms with Crippen LogP contribution in [0.2, 0.25) is 0 Å². The van der Waals surface area contributed by atoms with Gasteiger partial charge in [-0.05, 0) is 35.9 Å². The molecule has 0 radical (unpaired) electrons. The number of pyridine rings is 1. The van der Waals surface area contributed by atoms with Crippen LogP contribution in [0.1, 0.15) is 21.6 Å². The third-order valence-corrected chi connectivity index (χ3v) is 2.36. The number of hydrogen-bond acceptors (Lipinski definition) is 3. The maximum absolute atomic E-state index is 12.7. The van der Waals surface area contributed by atoms with Crippen molar-refractivity contribution in [3.8, 4) is 0 Å². The minimum Gasteiger partial charge on any atom is -0.545 e. The fourth-order valence-electron chi connectivity index (χ4n) is 1.47. The topological polar surface area (TPSA) is 53.0 Å². The summed E-state index contributed by atoms with van der Waals surface area (Å²) in [4.78, 5) is 14.8. The van der Waals surface area contributed by atoms with E-state index in [1.54, 1.807) is 24.3 Å². The molecule has 1 heterocycles. The van der Waals surface area contributed by atoms with Gasteiger partial charge in [-0.15, -0.1) is 0 Å². The average molecular weight is 265 g/mol. The summed E-state index contributed by atoms with van der Waals surface area (Å²) in [5, 5.41) is 10.8. The molecule has 0 amide bonds. The molecule has 0 aliphatic rings. The van der Waals surface area contributed by atoms with Crippen molar-refractivity contribution in [3.05, 3.63) is 65.2 Å². The number of benzene rings is 1. The van der Waals surface area contributed by atoms with E-state index in [0.717, 1.165) is 5.56 Å². The second-order valence-corrected chi connectivity index (χ2v) is 3.61. The number of carboxylic acids is 1. The summed E-state index contributed by atoms with van der Waals surface area (Å²) in [5.74, 6) is -1.60. The summed E-state index contributed by atoms with van der Waals surface area (Å²) in [6.45, 7) is 0. The predicted octanol–water partition coefficient (Wildman–Crippen LogP) is -1.24. The summed E-state index contributed by atoms with van der Waals surface area (Å²) in [6, 6.07) is 8.80. The largest absolute Gasteiger partial charge is 1.00 e. The van der Waals surface area contributed by atoms with E-state index in [-0.39, 0.29) is 40.9 Å². The molecule has 0 bridgehead atoms. The summed E-state index contributed by atoms with van der Waals surface area (Å²) in [5.41, 5.74) is 1.09. The van der Waals surface area contributed by atoms with Crippen LogP contribution < -0.4 is 34.7 Å². The second-order valence-electron chi connectivity index (χ2n) is 3.61. The molecular formula is C14H9FNNaO2. The molecule has 1 aromatic carbocycles. The fraction of sp³-hybridized carbons (Fsp3) is 0. The van der Waals surface area contributed by atoms with Crippen molar-refractivity contribution in [1.82, 2.24) is 4.98 Å². The quantitative estimate of drug-likeness (QED) is 0.652. The third-order valence-electron chi connectivity index (χ3n) is 2.36. The third kappa shape index (κ3) is 4.28. The van der Waals surface area contributed by atoms with Gasteiger partial charge in [-0.3, -0.25) is 4.98 Å². The molecule has 1 aromatic heterocycles. The van der Waals surface area contributed by atoms with Crippen molar-refractivity contribution in [2.45, 2.75) is 0 Å². The number of carboxylic acid groups (broad SMARTS) is 1. The number of aromatic nitrogens is 1. The Morgan fingerprint density at radius 3 is 2.47 bits per heavy atom. The van der Waals surface area contributed by atoms with Gasteiger partial charge < -0.3 is 9.90 Å². The molecule has 0 aliphatic carbocycles. The first kappa shape index (κ1) is 15.6. The minimum atomic E-state index is -1.28. The molecule has 0 spiro atoms. The van der Waals surface area contributed by atoms with Crippen LogP contribution in [0.5, 0.6) is 0 Å². The molecule has 0 atom stereocenters. The normalized spacial score (nSPS) is 10.2. The van der Waals surface area contributed by atoms with Gasteiger partial charge in [0.15, 0.2) is 0 Å². The Hall–Kier alpha value is -1.49. The molecule has 0 N–H and O–H groups in total. The van der Waals surface area contributed by atoms with Crippen molar-refractivity contribution >= 4 is 18.1 Å². The Labute approximate surface area is 132 Å². The Kier molecular flexibility index (Phi) is 5.89. The average Bonchev–Trinajstić information content (AvgIpc) is 2.38. The van der Waals surface area contributed by atoms with E-state index in [9.17, 15) is 14.3 Å². The predicted molar refractivity (Wildman–Crippen MR) is 63.9 cm³/mol. The van der Waals surface area contributed by atoms with Crippen molar-refractivity contribution in [3.63, 3.8) is 0 Å². The molecule has 0 saturated heterocycles. The Balaban J connectivity index is 0.00000180.